The highest BCUT2D eigenvalue weighted by Crippen LogP contribution is 2.31. The summed E-state index contributed by atoms with van der Waals surface area (Å²) in [5.41, 5.74) is 1.43. The van der Waals surface area contributed by atoms with Crippen molar-refractivity contribution in [2.24, 2.45) is 5.92 Å². The van der Waals surface area contributed by atoms with Crippen molar-refractivity contribution in [1.82, 2.24) is 5.32 Å². The van der Waals surface area contributed by atoms with Gasteiger partial charge in [0.2, 0.25) is 11.8 Å². The molecule has 1 aromatic rings. The molecule has 2 heterocycles. The molecular weight excluding hydrogens is 258 g/mol. The minimum atomic E-state index is -0.251. The van der Waals surface area contributed by atoms with E-state index in [0.29, 0.717) is 18.9 Å². The Morgan fingerprint density at radius 2 is 2.20 bits per heavy atom. The topological polar surface area (TPSA) is 70.7 Å². The van der Waals surface area contributed by atoms with Crippen molar-refractivity contribution in [3.63, 3.8) is 0 Å². The zero-order valence-corrected chi connectivity index (χ0v) is 11.3. The molecule has 0 saturated carbocycles. The van der Waals surface area contributed by atoms with E-state index in [9.17, 15) is 9.59 Å². The summed E-state index contributed by atoms with van der Waals surface area (Å²) in [5, 5.41) is 5.88. The zero-order valence-electron chi connectivity index (χ0n) is 11.3. The smallest absolute Gasteiger partial charge is 0.244 e. The number of carbonyl (C=O) groups is 2. The van der Waals surface area contributed by atoms with Crippen LogP contribution in [-0.2, 0) is 14.3 Å². The number of anilines is 2. The molecule has 2 N–H and O–H groups in total. The Balaban J connectivity index is 1.90. The Bertz CT molecular complexity index is 546. The molecule has 3 rings (SSSR count). The lowest BCUT2D eigenvalue weighted by Crippen LogP contribution is -2.49. The standard InChI is InChI=1S/C14H17N3O3/c1-15-11-8-20-7-9(11)14(19)17-6-13(18)16-10-4-2-3-5-12(10)17/h2-5,9,11,15H,6-8H2,1H3,(H,16,18). The largest absolute Gasteiger partial charge is 0.379 e. The third-order valence-electron chi connectivity index (χ3n) is 3.81. The van der Waals surface area contributed by atoms with Crippen molar-refractivity contribution in [2.75, 3.05) is 37.0 Å². The Kier molecular flexibility index (Phi) is 3.42. The summed E-state index contributed by atoms with van der Waals surface area (Å²) in [6, 6.07) is 7.34. The molecule has 2 amide bonds. The molecule has 2 aliphatic rings. The summed E-state index contributed by atoms with van der Waals surface area (Å²) in [6.45, 7) is 0.974. The van der Waals surface area contributed by atoms with Crippen LogP contribution in [-0.4, -0.2) is 44.7 Å². The van der Waals surface area contributed by atoms with Gasteiger partial charge in [-0.1, -0.05) is 12.1 Å². The van der Waals surface area contributed by atoms with E-state index in [1.807, 2.05) is 25.2 Å². The van der Waals surface area contributed by atoms with Gasteiger partial charge in [-0.05, 0) is 19.2 Å². The van der Waals surface area contributed by atoms with Crippen LogP contribution in [0.5, 0.6) is 0 Å². The lowest BCUT2D eigenvalue weighted by atomic mass is 10.0. The molecule has 1 saturated heterocycles. The number of likely N-dealkylation sites (N-methyl/N-ethyl adjacent to an activating group) is 1. The number of rotatable bonds is 2. The first-order valence-corrected chi connectivity index (χ1v) is 6.66. The first-order chi connectivity index (χ1) is 9.70. The third kappa shape index (κ3) is 2.17. The average Bonchev–Trinajstić information content (AvgIpc) is 2.94. The van der Waals surface area contributed by atoms with Crippen LogP contribution in [0.2, 0.25) is 0 Å². The molecule has 0 aliphatic carbocycles. The van der Waals surface area contributed by atoms with Gasteiger partial charge in [-0.3, -0.25) is 9.59 Å². The predicted octanol–water partition coefficient (Wildman–Crippen LogP) is 0.206. The zero-order chi connectivity index (χ0) is 14.1. The van der Waals surface area contributed by atoms with Gasteiger partial charge in [-0.15, -0.1) is 0 Å². The predicted molar refractivity (Wildman–Crippen MR) is 74.6 cm³/mol. The van der Waals surface area contributed by atoms with Gasteiger partial charge in [0, 0.05) is 6.04 Å². The van der Waals surface area contributed by atoms with Crippen LogP contribution >= 0.6 is 0 Å². The monoisotopic (exact) mass is 275 g/mol. The Morgan fingerprint density at radius 3 is 3.00 bits per heavy atom. The molecule has 0 aromatic heterocycles. The summed E-state index contributed by atoms with van der Waals surface area (Å²) in [7, 11) is 1.82. The highest BCUT2D eigenvalue weighted by Gasteiger charge is 2.38. The van der Waals surface area contributed by atoms with E-state index in [2.05, 4.69) is 10.6 Å². The second-order valence-electron chi connectivity index (χ2n) is 5.03. The number of para-hydroxylation sites is 2. The molecule has 20 heavy (non-hydrogen) atoms. The first-order valence-electron chi connectivity index (χ1n) is 6.66. The number of amides is 2. The molecule has 0 spiro atoms. The maximum absolute atomic E-state index is 12.7. The van der Waals surface area contributed by atoms with Crippen molar-refractivity contribution < 1.29 is 14.3 Å². The minimum absolute atomic E-state index is 0.000324. The van der Waals surface area contributed by atoms with E-state index in [1.165, 1.54) is 0 Å². The van der Waals surface area contributed by atoms with Crippen LogP contribution in [0.4, 0.5) is 11.4 Å². The van der Waals surface area contributed by atoms with E-state index in [1.54, 1.807) is 11.0 Å². The number of ether oxygens (including phenoxy) is 1. The number of hydrogen-bond acceptors (Lipinski definition) is 4. The van der Waals surface area contributed by atoms with Gasteiger partial charge in [0.1, 0.15) is 6.54 Å². The highest BCUT2D eigenvalue weighted by atomic mass is 16.5. The highest BCUT2D eigenvalue weighted by molar-refractivity contribution is 6.10. The van der Waals surface area contributed by atoms with Crippen LogP contribution in [0.15, 0.2) is 24.3 Å². The fraction of sp³-hybridized carbons (Fsp3) is 0.429. The number of nitrogens with one attached hydrogen (secondary N) is 2. The molecule has 2 atom stereocenters. The van der Waals surface area contributed by atoms with Gasteiger partial charge in [-0.2, -0.15) is 0 Å². The van der Waals surface area contributed by atoms with Crippen molar-refractivity contribution >= 4 is 23.2 Å². The second kappa shape index (κ2) is 5.22. The first kappa shape index (κ1) is 13.1. The fourth-order valence-electron chi connectivity index (χ4n) is 2.71. The normalized spacial score (nSPS) is 25.2. The summed E-state index contributed by atoms with van der Waals surface area (Å²) >= 11 is 0. The lowest BCUT2D eigenvalue weighted by molar-refractivity contribution is -0.125. The molecule has 0 radical (unpaired) electrons. The van der Waals surface area contributed by atoms with E-state index in [-0.39, 0.29) is 30.3 Å². The van der Waals surface area contributed by atoms with Crippen LogP contribution in [0, 0.1) is 5.92 Å². The lowest BCUT2D eigenvalue weighted by Gasteiger charge is -2.31. The van der Waals surface area contributed by atoms with Gasteiger partial charge in [0.05, 0.1) is 30.5 Å². The fourth-order valence-corrected chi connectivity index (χ4v) is 2.71. The molecule has 6 heteroatoms. The summed E-state index contributed by atoms with van der Waals surface area (Å²) in [6.07, 6.45) is 0. The average molecular weight is 275 g/mol. The Hall–Kier alpha value is -1.92. The van der Waals surface area contributed by atoms with E-state index < -0.39 is 0 Å². The summed E-state index contributed by atoms with van der Waals surface area (Å²) in [4.78, 5) is 26.0. The van der Waals surface area contributed by atoms with Crippen LogP contribution in [0.3, 0.4) is 0 Å². The van der Waals surface area contributed by atoms with Gasteiger partial charge in [0.15, 0.2) is 0 Å². The molecule has 2 aliphatic heterocycles. The number of hydrogen-bond donors (Lipinski definition) is 2. The molecule has 2 unspecified atom stereocenters. The second-order valence-corrected chi connectivity index (χ2v) is 5.03. The molecule has 1 fully saturated rings. The van der Waals surface area contributed by atoms with E-state index in [4.69, 9.17) is 4.74 Å². The van der Waals surface area contributed by atoms with Crippen LogP contribution in [0.1, 0.15) is 0 Å². The van der Waals surface area contributed by atoms with Crippen LogP contribution < -0.4 is 15.5 Å². The summed E-state index contributed by atoms with van der Waals surface area (Å²) in [5.74, 6) is -0.486. The van der Waals surface area contributed by atoms with Crippen molar-refractivity contribution in [2.45, 2.75) is 6.04 Å². The SMILES string of the molecule is CNC1COCC1C(=O)N1CC(=O)Nc2ccccc21. The molecule has 6 nitrogen and oxygen atoms in total. The molecule has 0 bridgehead atoms. The number of carbonyl (C=O) groups excluding carboxylic acids is 2. The van der Waals surface area contributed by atoms with Gasteiger partial charge < -0.3 is 20.3 Å². The number of nitrogens with zero attached hydrogens (tertiary/aromatic N) is 1. The maximum atomic E-state index is 12.7. The molecule has 106 valence electrons. The van der Waals surface area contributed by atoms with E-state index in [0.717, 1.165) is 5.69 Å². The Labute approximate surface area is 117 Å². The van der Waals surface area contributed by atoms with Crippen molar-refractivity contribution in [3.8, 4) is 0 Å². The Morgan fingerprint density at radius 1 is 1.40 bits per heavy atom. The van der Waals surface area contributed by atoms with Gasteiger partial charge in [0.25, 0.3) is 0 Å². The maximum Gasteiger partial charge on any atom is 0.244 e. The van der Waals surface area contributed by atoms with E-state index >= 15 is 0 Å². The van der Waals surface area contributed by atoms with Crippen molar-refractivity contribution in [3.05, 3.63) is 24.3 Å². The summed E-state index contributed by atoms with van der Waals surface area (Å²) < 4.78 is 5.38. The molecular formula is C14H17N3O3. The number of benzene rings is 1. The number of fused-ring (bicyclic) bond motifs is 1. The quantitative estimate of drug-likeness (QED) is 0.809. The minimum Gasteiger partial charge on any atom is -0.379 e. The van der Waals surface area contributed by atoms with Gasteiger partial charge in [-0.25, -0.2) is 0 Å². The van der Waals surface area contributed by atoms with Crippen LogP contribution in [0.25, 0.3) is 0 Å². The van der Waals surface area contributed by atoms with Gasteiger partial charge >= 0.3 is 0 Å². The van der Waals surface area contributed by atoms with Crippen molar-refractivity contribution in [1.29, 1.82) is 0 Å². The third-order valence-corrected chi connectivity index (χ3v) is 3.81. The molecule has 1 aromatic carbocycles.